The zero-order chi connectivity index (χ0) is 8.53. The maximum Gasteiger partial charge on any atom is 0.0866 e. The number of hydrogen-bond donors (Lipinski definition) is 1. The predicted molar refractivity (Wildman–Crippen MR) is 47.0 cm³/mol. The Bertz CT molecular complexity index is 150. The largest absolute Gasteiger partial charge is 0.319 e. The Kier molecular flexibility index (Phi) is 6.64. The van der Waals surface area contributed by atoms with Crippen LogP contribution in [0.5, 0.6) is 0 Å². The van der Waals surface area contributed by atoms with E-state index in [0.717, 1.165) is 6.54 Å². The summed E-state index contributed by atoms with van der Waals surface area (Å²) in [7, 11) is 1.87. The fraction of sp³-hybridized carbons (Fsp3) is 0.333. The van der Waals surface area contributed by atoms with Crippen LogP contribution in [0.1, 0.15) is 0 Å². The van der Waals surface area contributed by atoms with Crippen LogP contribution in [0.25, 0.3) is 0 Å². The Hall–Kier alpha value is -0.890. The molecule has 62 valence electrons. The van der Waals surface area contributed by atoms with Gasteiger partial charge in [-0.2, -0.15) is 0 Å². The molecule has 0 saturated carbocycles. The number of rotatable bonds is 5. The number of hydrogen-bond acceptors (Lipinski definition) is 1. The first-order valence-electron chi connectivity index (χ1n) is 3.55. The van der Waals surface area contributed by atoms with Gasteiger partial charge < -0.3 is 5.32 Å². The second-order valence-electron chi connectivity index (χ2n) is 2.16. The zero-order valence-electron chi connectivity index (χ0n) is 6.76. The van der Waals surface area contributed by atoms with E-state index >= 15 is 0 Å². The Balaban J connectivity index is 3.75. The van der Waals surface area contributed by atoms with Crippen molar-refractivity contribution in [1.82, 2.24) is 5.32 Å². The van der Waals surface area contributed by atoms with E-state index in [4.69, 9.17) is 0 Å². The molecule has 2 heteroatoms. The van der Waals surface area contributed by atoms with Gasteiger partial charge in [-0.05, 0) is 13.1 Å². The Morgan fingerprint density at radius 1 is 1.55 bits per heavy atom. The van der Waals surface area contributed by atoms with E-state index in [1.165, 1.54) is 6.08 Å². The van der Waals surface area contributed by atoms with Crippen molar-refractivity contribution in [2.75, 3.05) is 13.6 Å². The summed E-state index contributed by atoms with van der Waals surface area (Å²) in [6.07, 6.45) is 7.24. The first-order chi connectivity index (χ1) is 5.35. The van der Waals surface area contributed by atoms with Crippen LogP contribution in [0.4, 0.5) is 4.39 Å². The number of allylic oxidation sites excluding steroid dienone is 2. The molecular weight excluding hydrogens is 141 g/mol. The molecule has 11 heavy (non-hydrogen) atoms. The van der Waals surface area contributed by atoms with Crippen molar-refractivity contribution >= 4 is 0 Å². The molecular formula is C9H14FN. The molecule has 0 aromatic carbocycles. The molecule has 0 aromatic heterocycles. The molecule has 0 saturated heterocycles. The lowest BCUT2D eigenvalue weighted by Crippen LogP contribution is -2.14. The lowest BCUT2D eigenvalue weighted by molar-refractivity contribution is 0.702. The SMILES string of the molecule is C=CC(C=C/C=C/F)CNC. The van der Waals surface area contributed by atoms with Gasteiger partial charge in [-0.25, -0.2) is 4.39 Å². The molecule has 1 atom stereocenters. The maximum absolute atomic E-state index is 11.5. The van der Waals surface area contributed by atoms with E-state index in [-0.39, 0.29) is 5.92 Å². The summed E-state index contributed by atoms with van der Waals surface area (Å²) in [6, 6.07) is 0. The zero-order valence-corrected chi connectivity index (χ0v) is 6.76. The monoisotopic (exact) mass is 155 g/mol. The van der Waals surface area contributed by atoms with Crippen molar-refractivity contribution in [3.05, 3.63) is 37.2 Å². The fourth-order valence-electron chi connectivity index (χ4n) is 0.715. The van der Waals surface area contributed by atoms with Crippen molar-refractivity contribution in [3.63, 3.8) is 0 Å². The van der Waals surface area contributed by atoms with Gasteiger partial charge in [0, 0.05) is 12.5 Å². The van der Waals surface area contributed by atoms with Gasteiger partial charge in [0.1, 0.15) is 0 Å². The van der Waals surface area contributed by atoms with Gasteiger partial charge in [-0.1, -0.05) is 18.2 Å². The molecule has 0 amide bonds. The van der Waals surface area contributed by atoms with Crippen molar-refractivity contribution in [3.8, 4) is 0 Å². The van der Waals surface area contributed by atoms with Gasteiger partial charge in [0.25, 0.3) is 0 Å². The maximum atomic E-state index is 11.5. The van der Waals surface area contributed by atoms with Gasteiger partial charge in [0.2, 0.25) is 0 Å². The fourth-order valence-corrected chi connectivity index (χ4v) is 0.715. The van der Waals surface area contributed by atoms with E-state index in [1.807, 2.05) is 19.2 Å². The van der Waals surface area contributed by atoms with E-state index in [2.05, 4.69) is 11.9 Å². The summed E-state index contributed by atoms with van der Waals surface area (Å²) in [5, 5.41) is 3.01. The number of halogens is 1. The van der Waals surface area contributed by atoms with Crippen LogP contribution < -0.4 is 5.32 Å². The molecule has 0 heterocycles. The lowest BCUT2D eigenvalue weighted by Gasteiger charge is -2.03. The summed E-state index contributed by atoms with van der Waals surface area (Å²) in [4.78, 5) is 0. The minimum Gasteiger partial charge on any atom is -0.319 e. The molecule has 0 aromatic rings. The van der Waals surface area contributed by atoms with Crippen LogP contribution in [0, 0.1) is 5.92 Å². The first kappa shape index (κ1) is 10.1. The summed E-state index contributed by atoms with van der Waals surface area (Å²) in [6.45, 7) is 4.48. The molecule has 0 spiro atoms. The van der Waals surface area contributed by atoms with E-state index in [9.17, 15) is 4.39 Å². The molecule has 0 radical (unpaired) electrons. The topological polar surface area (TPSA) is 12.0 Å². The summed E-state index contributed by atoms with van der Waals surface area (Å²) < 4.78 is 11.5. The highest BCUT2D eigenvalue weighted by molar-refractivity contribution is 5.06. The predicted octanol–water partition coefficient (Wildman–Crippen LogP) is 2.05. The molecule has 0 aliphatic rings. The average Bonchev–Trinajstić information content (AvgIpc) is 2.03. The normalized spacial score (nSPS) is 14.4. The molecule has 1 unspecified atom stereocenters. The van der Waals surface area contributed by atoms with Crippen molar-refractivity contribution < 1.29 is 4.39 Å². The number of nitrogens with one attached hydrogen (secondary N) is 1. The highest BCUT2D eigenvalue weighted by Gasteiger charge is 1.93. The summed E-state index contributed by atoms with van der Waals surface area (Å²) in [5.41, 5.74) is 0. The quantitative estimate of drug-likeness (QED) is 0.473. The second kappa shape index (κ2) is 7.22. The van der Waals surface area contributed by atoms with Crippen LogP contribution in [0.15, 0.2) is 37.2 Å². The third-order valence-corrected chi connectivity index (χ3v) is 1.28. The van der Waals surface area contributed by atoms with Crippen molar-refractivity contribution in [1.29, 1.82) is 0 Å². The molecule has 0 aliphatic carbocycles. The van der Waals surface area contributed by atoms with Gasteiger partial charge >= 0.3 is 0 Å². The first-order valence-corrected chi connectivity index (χ1v) is 3.55. The van der Waals surface area contributed by atoms with Crippen LogP contribution in [0.2, 0.25) is 0 Å². The molecule has 1 N–H and O–H groups in total. The molecule has 1 nitrogen and oxygen atoms in total. The van der Waals surface area contributed by atoms with Gasteiger partial charge in [-0.3, -0.25) is 0 Å². The third-order valence-electron chi connectivity index (χ3n) is 1.28. The van der Waals surface area contributed by atoms with E-state index in [1.54, 1.807) is 6.08 Å². The Morgan fingerprint density at radius 3 is 2.73 bits per heavy atom. The van der Waals surface area contributed by atoms with Gasteiger partial charge in [0.05, 0.1) is 6.33 Å². The van der Waals surface area contributed by atoms with Crippen molar-refractivity contribution in [2.24, 2.45) is 5.92 Å². The average molecular weight is 155 g/mol. The Labute approximate surface area is 67.3 Å². The van der Waals surface area contributed by atoms with Gasteiger partial charge in [-0.15, -0.1) is 6.58 Å². The third kappa shape index (κ3) is 5.55. The van der Waals surface area contributed by atoms with Crippen LogP contribution in [-0.2, 0) is 0 Å². The Morgan fingerprint density at radius 2 is 2.27 bits per heavy atom. The highest BCUT2D eigenvalue weighted by Crippen LogP contribution is 1.97. The van der Waals surface area contributed by atoms with Crippen LogP contribution in [0.3, 0.4) is 0 Å². The smallest absolute Gasteiger partial charge is 0.0866 e. The molecule has 0 fully saturated rings. The van der Waals surface area contributed by atoms with Gasteiger partial charge in [0.15, 0.2) is 0 Å². The van der Waals surface area contributed by atoms with Crippen LogP contribution in [-0.4, -0.2) is 13.6 Å². The second-order valence-corrected chi connectivity index (χ2v) is 2.16. The van der Waals surface area contributed by atoms with E-state index < -0.39 is 0 Å². The summed E-state index contributed by atoms with van der Waals surface area (Å²) in [5.74, 6) is 0.274. The highest BCUT2D eigenvalue weighted by atomic mass is 19.1. The lowest BCUT2D eigenvalue weighted by atomic mass is 10.1. The summed E-state index contributed by atoms with van der Waals surface area (Å²) >= 11 is 0. The molecule has 0 rings (SSSR count). The van der Waals surface area contributed by atoms with E-state index in [0.29, 0.717) is 6.33 Å². The van der Waals surface area contributed by atoms with Crippen LogP contribution >= 0.6 is 0 Å². The molecule has 0 aliphatic heterocycles. The minimum absolute atomic E-state index is 0.274. The van der Waals surface area contributed by atoms with Crippen molar-refractivity contribution in [2.45, 2.75) is 0 Å². The standard InChI is InChI=1S/C9H14FN/c1-3-9(8-11-2)6-4-5-7-10/h3-7,9,11H,1,8H2,2H3/b6-4?,7-5+. The molecule has 0 bridgehead atoms. The minimum atomic E-state index is 0.274.